The van der Waals surface area contributed by atoms with Gasteiger partial charge in [0.1, 0.15) is 6.61 Å². The predicted molar refractivity (Wildman–Crippen MR) is 334 cm³/mol. The van der Waals surface area contributed by atoms with Gasteiger partial charge in [-0.1, -0.05) is 339 Å². The predicted octanol–water partition coefficient (Wildman–Crippen LogP) is 23.8. The Labute approximate surface area is 476 Å². The zero-order valence-electron chi connectivity index (χ0n) is 51.5. The molecule has 0 radical (unpaired) electrons. The van der Waals surface area contributed by atoms with Crippen molar-refractivity contribution in [2.24, 2.45) is 0 Å². The Morgan fingerprint density at radius 1 is 0.303 bits per heavy atom. The lowest BCUT2D eigenvalue weighted by molar-refractivity contribution is -0.161. The highest BCUT2D eigenvalue weighted by molar-refractivity contribution is 5.70. The first kappa shape index (κ1) is 74.1. The summed E-state index contributed by atoms with van der Waals surface area (Å²) in [7, 11) is 0. The molecule has 0 heterocycles. The molecule has 0 aromatic carbocycles. The van der Waals surface area contributed by atoms with E-state index in [4.69, 9.17) is 9.47 Å². The van der Waals surface area contributed by atoms with E-state index in [0.717, 1.165) is 44.9 Å². The molecule has 76 heavy (non-hydrogen) atoms. The molecule has 5 nitrogen and oxygen atoms in total. The monoisotopic (exact) mass is 1070 g/mol. The normalized spacial score (nSPS) is 12.3. The number of rotatable bonds is 65. The van der Waals surface area contributed by atoms with Crippen LogP contribution in [0.2, 0.25) is 0 Å². The SMILES string of the molecule is CCCCCCC/C=C\C/C=C\CCCCCCCCCCCCCCCCCCCCCCCCCCCCCC(=O)OC(CO)COC(=O)CCCCCCCCCCCCC/C=C\CCCCCCCCCC. The summed E-state index contributed by atoms with van der Waals surface area (Å²) in [6.07, 6.45) is 89.0. The average molecular weight is 1070 g/mol. The van der Waals surface area contributed by atoms with Crippen LogP contribution in [-0.2, 0) is 19.1 Å². The summed E-state index contributed by atoms with van der Waals surface area (Å²) < 4.78 is 10.8. The number of hydrogen-bond donors (Lipinski definition) is 1. The van der Waals surface area contributed by atoms with Gasteiger partial charge in [0.05, 0.1) is 6.61 Å². The second-order valence-electron chi connectivity index (χ2n) is 23.6. The van der Waals surface area contributed by atoms with E-state index in [2.05, 4.69) is 50.3 Å². The molecule has 0 saturated carbocycles. The maximum atomic E-state index is 12.4. The van der Waals surface area contributed by atoms with Crippen LogP contribution < -0.4 is 0 Å². The van der Waals surface area contributed by atoms with Gasteiger partial charge in [0.2, 0.25) is 0 Å². The Hall–Kier alpha value is -1.88. The maximum absolute atomic E-state index is 12.4. The van der Waals surface area contributed by atoms with Gasteiger partial charge in [0, 0.05) is 12.8 Å². The molecule has 5 heteroatoms. The molecule has 0 fully saturated rings. The van der Waals surface area contributed by atoms with Crippen molar-refractivity contribution in [1.82, 2.24) is 0 Å². The number of allylic oxidation sites excluding steroid dienone is 6. The number of hydrogen-bond acceptors (Lipinski definition) is 5. The molecule has 0 aromatic heterocycles. The Balaban J connectivity index is 3.37. The number of carbonyl (C=O) groups is 2. The fourth-order valence-corrected chi connectivity index (χ4v) is 10.7. The maximum Gasteiger partial charge on any atom is 0.306 e. The van der Waals surface area contributed by atoms with Crippen molar-refractivity contribution >= 4 is 11.9 Å². The summed E-state index contributed by atoms with van der Waals surface area (Å²) in [6, 6.07) is 0. The van der Waals surface area contributed by atoms with Crippen molar-refractivity contribution in [3.05, 3.63) is 36.5 Å². The number of esters is 2. The number of unbranched alkanes of at least 4 members (excludes halogenated alkanes) is 51. The van der Waals surface area contributed by atoms with Crippen LogP contribution >= 0.6 is 0 Å². The van der Waals surface area contributed by atoms with Gasteiger partial charge in [-0.15, -0.1) is 0 Å². The minimum Gasteiger partial charge on any atom is -0.462 e. The fourth-order valence-electron chi connectivity index (χ4n) is 10.7. The van der Waals surface area contributed by atoms with Crippen molar-refractivity contribution in [1.29, 1.82) is 0 Å². The van der Waals surface area contributed by atoms with E-state index < -0.39 is 6.10 Å². The first-order valence-electron chi connectivity index (χ1n) is 34.5. The van der Waals surface area contributed by atoms with Gasteiger partial charge in [0.25, 0.3) is 0 Å². The Bertz CT molecular complexity index is 1210. The molecule has 0 aliphatic rings. The van der Waals surface area contributed by atoms with Crippen LogP contribution in [0.3, 0.4) is 0 Å². The first-order valence-corrected chi connectivity index (χ1v) is 34.5. The lowest BCUT2D eigenvalue weighted by Crippen LogP contribution is -2.28. The van der Waals surface area contributed by atoms with Gasteiger partial charge >= 0.3 is 11.9 Å². The molecule has 1 N–H and O–H groups in total. The third-order valence-corrected chi connectivity index (χ3v) is 15.9. The Kier molecular flexibility index (Phi) is 65.7. The van der Waals surface area contributed by atoms with E-state index in [0.29, 0.717) is 12.8 Å². The molecule has 1 atom stereocenters. The van der Waals surface area contributed by atoms with Crippen molar-refractivity contribution in [3.63, 3.8) is 0 Å². The number of carbonyl (C=O) groups excluding carboxylic acids is 2. The van der Waals surface area contributed by atoms with Gasteiger partial charge < -0.3 is 14.6 Å². The molecule has 0 amide bonds. The summed E-state index contributed by atoms with van der Waals surface area (Å²) in [6.45, 7) is 4.19. The number of ether oxygens (including phenoxy) is 2. The minimum atomic E-state index is -0.770. The molecule has 0 rings (SSSR count). The minimum absolute atomic E-state index is 0.0602. The average Bonchev–Trinajstić information content (AvgIpc) is 3.42. The topological polar surface area (TPSA) is 72.8 Å². The zero-order chi connectivity index (χ0) is 54.8. The van der Waals surface area contributed by atoms with Gasteiger partial charge in [-0.05, 0) is 70.6 Å². The summed E-state index contributed by atoms with van der Waals surface area (Å²) in [5, 5.41) is 9.69. The fraction of sp³-hybridized carbons (Fsp3) is 0.887. The van der Waals surface area contributed by atoms with Crippen molar-refractivity contribution in [2.45, 2.75) is 392 Å². The quantitative estimate of drug-likeness (QED) is 0.0373. The molecule has 0 spiro atoms. The Morgan fingerprint density at radius 3 is 0.789 bits per heavy atom. The molecular weight excluding hydrogens is 933 g/mol. The molecule has 0 bridgehead atoms. The third-order valence-electron chi connectivity index (χ3n) is 15.9. The summed E-state index contributed by atoms with van der Waals surface area (Å²) in [5.41, 5.74) is 0. The second kappa shape index (κ2) is 67.4. The van der Waals surface area contributed by atoms with Crippen LogP contribution in [0.4, 0.5) is 0 Å². The van der Waals surface area contributed by atoms with E-state index >= 15 is 0 Å². The van der Waals surface area contributed by atoms with Crippen LogP contribution in [0.15, 0.2) is 36.5 Å². The smallest absolute Gasteiger partial charge is 0.306 e. The second-order valence-corrected chi connectivity index (χ2v) is 23.6. The summed E-state index contributed by atoms with van der Waals surface area (Å²) in [4.78, 5) is 24.6. The molecule has 0 aliphatic carbocycles. The van der Waals surface area contributed by atoms with E-state index in [1.807, 2.05) is 0 Å². The van der Waals surface area contributed by atoms with E-state index in [9.17, 15) is 14.7 Å². The molecule has 1 unspecified atom stereocenters. The van der Waals surface area contributed by atoms with E-state index in [1.165, 1.54) is 315 Å². The summed E-state index contributed by atoms with van der Waals surface area (Å²) >= 11 is 0. The standard InChI is InChI=1S/C71H134O5/c1-3-5-7-9-11-13-15-17-19-21-23-25-27-28-29-30-31-32-33-34-35-36-37-38-39-40-41-42-44-46-48-50-52-54-56-58-60-62-64-66-71(74)76-69(67-72)68-75-70(73)65-63-61-59-57-55-53-51-49-47-45-43-26-24-22-20-18-16-14-12-10-8-6-4-2/h15,17,21-24,69,72H,3-14,16,18-20,25-68H2,1-2H3/b17-15-,23-21-,24-22-. The summed E-state index contributed by atoms with van der Waals surface area (Å²) in [5.74, 6) is -0.569. The van der Waals surface area contributed by atoms with E-state index in [-0.39, 0.29) is 25.2 Å². The van der Waals surface area contributed by atoms with Gasteiger partial charge in [-0.2, -0.15) is 0 Å². The van der Waals surface area contributed by atoms with E-state index in [1.54, 1.807) is 0 Å². The van der Waals surface area contributed by atoms with Gasteiger partial charge in [-0.3, -0.25) is 9.59 Å². The van der Waals surface area contributed by atoms with Crippen LogP contribution in [0.25, 0.3) is 0 Å². The number of aliphatic hydroxyl groups excluding tert-OH is 1. The zero-order valence-corrected chi connectivity index (χ0v) is 51.5. The molecule has 448 valence electrons. The molecular formula is C71H134O5. The molecule has 0 aromatic rings. The number of aliphatic hydroxyl groups is 1. The highest BCUT2D eigenvalue weighted by Crippen LogP contribution is 2.19. The van der Waals surface area contributed by atoms with Crippen molar-refractivity contribution in [2.75, 3.05) is 13.2 Å². The van der Waals surface area contributed by atoms with Crippen LogP contribution in [0.1, 0.15) is 386 Å². The van der Waals surface area contributed by atoms with Crippen molar-refractivity contribution < 1.29 is 24.2 Å². The lowest BCUT2D eigenvalue weighted by atomic mass is 10.0. The Morgan fingerprint density at radius 2 is 0.526 bits per heavy atom. The first-order chi connectivity index (χ1) is 37.6. The molecule has 0 aliphatic heterocycles. The van der Waals surface area contributed by atoms with Crippen molar-refractivity contribution in [3.8, 4) is 0 Å². The van der Waals surface area contributed by atoms with Gasteiger partial charge in [-0.25, -0.2) is 0 Å². The van der Waals surface area contributed by atoms with Gasteiger partial charge in [0.15, 0.2) is 6.10 Å². The highest BCUT2D eigenvalue weighted by Gasteiger charge is 2.16. The van der Waals surface area contributed by atoms with Crippen LogP contribution in [0, 0.1) is 0 Å². The molecule has 0 saturated heterocycles. The third kappa shape index (κ3) is 64.6. The van der Waals surface area contributed by atoms with Crippen LogP contribution in [-0.4, -0.2) is 36.4 Å². The lowest BCUT2D eigenvalue weighted by Gasteiger charge is -2.15. The highest BCUT2D eigenvalue weighted by atomic mass is 16.6. The largest absolute Gasteiger partial charge is 0.462 e. The van der Waals surface area contributed by atoms with Crippen LogP contribution in [0.5, 0.6) is 0 Å².